The number of carbonyl (C=O) groups is 1. The summed E-state index contributed by atoms with van der Waals surface area (Å²) in [4.78, 5) is 20.4. The first-order valence-corrected chi connectivity index (χ1v) is 13.1. The van der Waals surface area contributed by atoms with E-state index in [0.717, 1.165) is 11.1 Å². The summed E-state index contributed by atoms with van der Waals surface area (Å²) < 4.78 is 5.76. The normalized spacial score (nSPS) is 15.7. The third kappa shape index (κ3) is 5.77. The lowest BCUT2D eigenvalue weighted by molar-refractivity contribution is -0.113. The molecule has 4 nitrogen and oxygen atoms in total. The van der Waals surface area contributed by atoms with E-state index >= 15 is 0 Å². The number of halogens is 4. The van der Waals surface area contributed by atoms with Gasteiger partial charge in [0, 0.05) is 20.6 Å². The monoisotopic (exact) mass is 576 g/mol. The smallest absolute Gasteiger partial charge is 0.271 e. The Morgan fingerprint density at radius 1 is 0.972 bits per heavy atom. The van der Waals surface area contributed by atoms with Crippen LogP contribution in [0.4, 0.5) is 11.4 Å². The van der Waals surface area contributed by atoms with Crippen LogP contribution >= 0.6 is 58.2 Å². The van der Waals surface area contributed by atoms with Gasteiger partial charge in [0.25, 0.3) is 5.91 Å². The van der Waals surface area contributed by atoms with Crippen molar-refractivity contribution in [3.8, 4) is 5.75 Å². The van der Waals surface area contributed by atoms with E-state index in [0.29, 0.717) is 52.9 Å². The predicted octanol–water partition coefficient (Wildman–Crippen LogP) is 9.29. The maximum Gasteiger partial charge on any atom is 0.271 e. The molecule has 0 aliphatic carbocycles. The van der Waals surface area contributed by atoms with E-state index in [4.69, 9.17) is 56.1 Å². The van der Waals surface area contributed by atoms with Crippen LogP contribution in [0.2, 0.25) is 20.1 Å². The molecule has 0 spiro atoms. The van der Waals surface area contributed by atoms with Gasteiger partial charge in [-0.1, -0.05) is 71.2 Å². The molecule has 1 aliphatic rings. The minimum atomic E-state index is -0.275. The van der Waals surface area contributed by atoms with Crippen molar-refractivity contribution < 1.29 is 9.53 Å². The van der Waals surface area contributed by atoms with Gasteiger partial charge in [-0.2, -0.15) is 0 Å². The first-order chi connectivity index (χ1) is 17.2. The first kappa shape index (κ1) is 26.6. The highest BCUT2D eigenvalue weighted by Gasteiger charge is 2.35. The summed E-state index contributed by atoms with van der Waals surface area (Å²) >= 11 is 26.6. The number of carbonyl (C=O) groups excluding carboxylic acids is 1. The number of benzene rings is 3. The molecule has 0 unspecified atom stereocenters. The number of aryl methyl sites for hydroxylation is 2. The molecule has 3 aromatic rings. The van der Waals surface area contributed by atoms with Gasteiger partial charge in [0.1, 0.15) is 12.4 Å². The van der Waals surface area contributed by atoms with Crippen molar-refractivity contribution in [3.05, 3.63) is 103 Å². The lowest BCUT2D eigenvalue weighted by atomic mass is 10.1. The van der Waals surface area contributed by atoms with E-state index in [1.54, 1.807) is 36.4 Å². The fourth-order valence-corrected chi connectivity index (χ4v) is 5.29. The number of ether oxygens (including phenoxy) is 1. The van der Waals surface area contributed by atoms with E-state index in [-0.39, 0.29) is 12.5 Å². The van der Waals surface area contributed by atoms with Gasteiger partial charge in [0.05, 0.1) is 21.3 Å². The van der Waals surface area contributed by atoms with Gasteiger partial charge in [-0.05, 0) is 79.2 Å². The van der Waals surface area contributed by atoms with Crippen LogP contribution in [0.3, 0.4) is 0 Å². The Hall–Kier alpha value is -2.41. The number of anilines is 1. The molecule has 1 fully saturated rings. The molecule has 0 radical (unpaired) electrons. The maximum absolute atomic E-state index is 13.7. The Kier molecular flexibility index (Phi) is 8.38. The number of thioether (sulfide) groups is 1. The van der Waals surface area contributed by atoms with Crippen molar-refractivity contribution in [2.24, 2.45) is 4.99 Å². The highest BCUT2D eigenvalue weighted by Crippen LogP contribution is 2.41. The number of rotatable bonds is 6. The van der Waals surface area contributed by atoms with Crippen molar-refractivity contribution in [1.82, 2.24) is 0 Å². The van der Waals surface area contributed by atoms with Crippen molar-refractivity contribution in [1.29, 1.82) is 0 Å². The van der Waals surface area contributed by atoms with Crippen molar-refractivity contribution in [2.45, 2.75) is 13.8 Å². The molecule has 0 saturated carbocycles. The minimum absolute atomic E-state index is 0.244. The number of hydrogen-bond donors (Lipinski definition) is 0. The summed E-state index contributed by atoms with van der Waals surface area (Å²) in [6.07, 6.45) is 3.30. The molecule has 0 aromatic heterocycles. The highest BCUT2D eigenvalue weighted by molar-refractivity contribution is 8.19. The van der Waals surface area contributed by atoms with Crippen LogP contribution in [-0.4, -0.2) is 17.7 Å². The molecule has 9 heteroatoms. The van der Waals surface area contributed by atoms with Crippen molar-refractivity contribution in [3.63, 3.8) is 0 Å². The zero-order chi connectivity index (χ0) is 26.0. The van der Waals surface area contributed by atoms with Gasteiger partial charge in [-0.3, -0.25) is 9.69 Å². The lowest BCUT2D eigenvalue weighted by Gasteiger charge is -2.17. The summed E-state index contributed by atoms with van der Waals surface area (Å²) in [5.41, 5.74) is 3.61. The van der Waals surface area contributed by atoms with Crippen LogP contribution in [0.15, 0.2) is 71.1 Å². The number of amides is 1. The summed E-state index contributed by atoms with van der Waals surface area (Å²) in [5, 5.41) is 2.33. The second-order valence-electron chi connectivity index (χ2n) is 7.92. The molecule has 1 amide bonds. The molecular weight excluding hydrogens is 558 g/mol. The summed E-state index contributed by atoms with van der Waals surface area (Å²) in [6, 6.07) is 14.2. The fraction of sp³-hybridized carbons (Fsp3) is 0.111. The quantitative estimate of drug-likeness (QED) is 0.216. The van der Waals surface area contributed by atoms with E-state index < -0.39 is 0 Å². The summed E-state index contributed by atoms with van der Waals surface area (Å²) in [5.74, 6) is 0.130. The molecule has 184 valence electrons. The van der Waals surface area contributed by atoms with Crippen molar-refractivity contribution >= 4 is 86.7 Å². The van der Waals surface area contributed by atoms with Crippen LogP contribution < -0.4 is 9.64 Å². The number of amidine groups is 1. The minimum Gasteiger partial charge on any atom is -0.487 e. The third-order valence-electron chi connectivity index (χ3n) is 5.27. The number of nitrogens with zero attached hydrogens (tertiary/aromatic N) is 2. The predicted molar refractivity (Wildman–Crippen MR) is 155 cm³/mol. The van der Waals surface area contributed by atoms with E-state index in [1.807, 2.05) is 38.1 Å². The van der Waals surface area contributed by atoms with Gasteiger partial charge >= 0.3 is 0 Å². The SMILES string of the molecule is C=CCOc1c(Cl)cc(Cl)cc1/C=C1/SC(=Nc2ccc(C)c(Cl)c2)N(c2ccc(C)c(Cl)c2)C1=O. The van der Waals surface area contributed by atoms with E-state index in [2.05, 4.69) is 6.58 Å². The summed E-state index contributed by atoms with van der Waals surface area (Å²) in [6.45, 7) is 7.73. The van der Waals surface area contributed by atoms with E-state index in [9.17, 15) is 4.79 Å². The standard InChI is InChI=1S/C27H20Cl4N2O2S/c1-4-9-35-25-17(10-18(28)12-23(25)31)11-24-26(34)33(20-8-6-16(3)22(30)14-20)27(36-24)32-19-7-5-15(2)21(29)13-19/h4-8,10-14H,1,9H2,2-3H3/b24-11+,32-27?. The Bertz CT molecular complexity index is 1440. The zero-order valence-corrected chi connectivity index (χ0v) is 23.2. The van der Waals surface area contributed by atoms with Crippen LogP contribution in [0.25, 0.3) is 6.08 Å². The first-order valence-electron chi connectivity index (χ1n) is 10.8. The molecule has 0 bridgehead atoms. The molecule has 36 heavy (non-hydrogen) atoms. The molecular formula is C27H20Cl4N2O2S. The largest absolute Gasteiger partial charge is 0.487 e. The average molecular weight is 578 g/mol. The number of aliphatic imine (C=N–C) groups is 1. The maximum atomic E-state index is 13.7. The van der Waals surface area contributed by atoms with Gasteiger partial charge < -0.3 is 4.74 Å². The molecule has 1 heterocycles. The average Bonchev–Trinajstić information content (AvgIpc) is 3.12. The van der Waals surface area contributed by atoms with Crippen LogP contribution in [0.5, 0.6) is 5.75 Å². The summed E-state index contributed by atoms with van der Waals surface area (Å²) in [7, 11) is 0. The zero-order valence-electron chi connectivity index (χ0n) is 19.3. The topological polar surface area (TPSA) is 41.9 Å². The Morgan fingerprint density at radius 3 is 2.33 bits per heavy atom. The van der Waals surface area contributed by atoms with Gasteiger partial charge in [0.2, 0.25) is 0 Å². The van der Waals surface area contributed by atoms with Gasteiger partial charge in [0.15, 0.2) is 5.17 Å². The molecule has 3 aromatic carbocycles. The molecule has 0 atom stereocenters. The van der Waals surface area contributed by atoms with Crippen LogP contribution in [0, 0.1) is 13.8 Å². The van der Waals surface area contributed by atoms with Gasteiger partial charge in [-0.15, -0.1) is 0 Å². The lowest BCUT2D eigenvalue weighted by Crippen LogP contribution is -2.28. The molecule has 1 saturated heterocycles. The Labute approximate surface area is 234 Å². The second-order valence-corrected chi connectivity index (χ2v) is 10.6. The molecule has 1 aliphatic heterocycles. The van der Waals surface area contributed by atoms with Crippen molar-refractivity contribution in [2.75, 3.05) is 11.5 Å². The van der Waals surface area contributed by atoms with Crippen LogP contribution in [0.1, 0.15) is 16.7 Å². The Balaban J connectivity index is 1.84. The fourth-order valence-electron chi connectivity index (χ4n) is 3.38. The van der Waals surface area contributed by atoms with Crippen LogP contribution in [-0.2, 0) is 4.79 Å². The van der Waals surface area contributed by atoms with E-state index in [1.165, 1.54) is 16.7 Å². The Morgan fingerprint density at radius 2 is 1.67 bits per heavy atom. The highest BCUT2D eigenvalue weighted by atomic mass is 35.5. The van der Waals surface area contributed by atoms with Gasteiger partial charge in [-0.25, -0.2) is 4.99 Å². The molecule has 4 rings (SSSR count). The third-order valence-corrected chi connectivity index (χ3v) is 7.55. The molecule has 0 N–H and O–H groups in total. The number of hydrogen-bond acceptors (Lipinski definition) is 4. The second kappa shape index (κ2) is 11.3.